The second-order valence-electron chi connectivity index (χ2n) is 3.06. The van der Waals surface area contributed by atoms with Crippen molar-refractivity contribution < 1.29 is 0 Å². The van der Waals surface area contributed by atoms with Gasteiger partial charge in [-0.05, 0) is 36.9 Å². The SMILES string of the molecule is CCSc1ccc(CNC)cc1C. The van der Waals surface area contributed by atoms with Crippen molar-refractivity contribution in [3.8, 4) is 0 Å². The monoisotopic (exact) mass is 195 g/mol. The van der Waals surface area contributed by atoms with E-state index in [1.807, 2.05) is 18.8 Å². The molecule has 1 N–H and O–H groups in total. The van der Waals surface area contributed by atoms with E-state index in [-0.39, 0.29) is 0 Å². The predicted octanol–water partition coefficient (Wildman–Crippen LogP) is 2.83. The molecule has 0 unspecified atom stereocenters. The Morgan fingerprint density at radius 1 is 1.38 bits per heavy atom. The molecule has 0 aliphatic heterocycles. The summed E-state index contributed by atoms with van der Waals surface area (Å²) in [4.78, 5) is 1.40. The molecule has 0 amide bonds. The molecule has 72 valence electrons. The molecule has 1 aromatic carbocycles. The molecule has 13 heavy (non-hydrogen) atoms. The molecular formula is C11H17NS. The van der Waals surface area contributed by atoms with Crippen LogP contribution in [0.3, 0.4) is 0 Å². The standard InChI is InChI=1S/C11H17NS/c1-4-13-11-6-5-10(8-12-3)7-9(11)2/h5-7,12H,4,8H2,1-3H3. The summed E-state index contributed by atoms with van der Waals surface area (Å²) in [5.41, 5.74) is 2.75. The van der Waals surface area contributed by atoms with Crippen molar-refractivity contribution in [2.45, 2.75) is 25.3 Å². The second kappa shape index (κ2) is 5.30. The van der Waals surface area contributed by atoms with Crippen molar-refractivity contribution in [2.24, 2.45) is 0 Å². The van der Waals surface area contributed by atoms with E-state index in [1.165, 1.54) is 16.0 Å². The molecule has 0 spiro atoms. The van der Waals surface area contributed by atoms with Crippen LogP contribution >= 0.6 is 11.8 Å². The van der Waals surface area contributed by atoms with Crippen LogP contribution in [0.15, 0.2) is 23.1 Å². The molecule has 0 bridgehead atoms. The Labute approximate surface area is 84.9 Å². The highest BCUT2D eigenvalue weighted by atomic mass is 32.2. The first-order valence-corrected chi connectivity index (χ1v) is 5.63. The summed E-state index contributed by atoms with van der Waals surface area (Å²) >= 11 is 1.91. The third-order valence-electron chi connectivity index (χ3n) is 1.92. The maximum Gasteiger partial charge on any atom is 0.0202 e. The maximum atomic E-state index is 3.16. The van der Waals surface area contributed by atoms with Gasteiger partial charge in [-0.2, -0.15) is 0 Å². The molecule has 1 rings (SSSR count). The Kier molecular flexibility index (Phi) is 4.33. The van der Waals surface area contributed by atoms with Crippen LogP contribution in [0, 0.1) is 6.92 Å². The van der Waals surface area contributed by atoms with Gasteiger partial charge in [-0.25, -0.2) is 0 Å². The molecule has 2 heteroatoms. The van der Waals surface area contributed by atoms with Gasteiger partial charge in [0, 0.05) is 11.4 Å². The first-order valence-electron chi connectivity index (χ1n) is 4.65. The predicted molar refractivity (Wildman–Crippen MR) is 60.3 cm³/mol. The van der Waals surface area contributed by atoms with Crippen LogP contribution in [-0.4, -0.2) is 12.8 Å². The van der Waals surface area contributed by atoms with Crippen LogP contribution < -0.4 is 5.32 Å². The van der Waals surface area contributed by atoms with Crippen molar-refractivity contribution in [3.05, 3.63) is 29.3 Å². The minimum Gasteiger partial charge on any atom is -0.316 e. The van der Waals surface area contributed by atoms with Crippen LogP contribution in [0.1, 0.15) is 18.1 Å². The minimum absolute atomic E-state index is 0.956. The zero-order valence-corrected chi connectivity index (χ0v) is 9.37. The number of hydrogen-bond donors (Lipinski definition) is 1. The van der Waals surface area contributed by atoms with Crippen LogP contribution in [0.4, 0.5) is 0 Å². The average molecular weight is 195 g/mol. The molecule has 1 nitrogen and oxygen atoms in total. The van der Waals surface area contributed by atoms with Gasteiger partial charge in [0.25, 0.3) is 0 Å². The van der Waals surface area contributed by atoms with Crippen molar-refractivity contribution >= 4 is 11.8 Å². The summed E-state index contributed by atoms with van der Waals surface area (Å²) in [6.07, 6.45) is 0. The fourth-order valence-corrected chi connectivity index (χ4v) is 2.10. The molecule has 0 atom stereocenters. The van der Waals surface area contributed by atoms with E-state index in [4.69, 9.17) is 0 Å². The maximum absolute atomic E-state index is 3.16. The van der Waals surface area contributed by atoms with Crippen LogP contribution in [0.25, 0.3) is 0 Å². The topological polar surface area (TPSA) is 12.0 Å². The average Bonchev–Trinajstić information content (AvgIpc) is 2.10. The van der Waals surface area contributed by atoms with E-state index in [0.29, 0.717) is 0 Å². The zero-order valence-electron chi connectivity index (χ0n) is 8.55. The molecule has 1 aromatic rings. The lowest BCUT2D eigenvalue weighted by Crippen LogP contribution is -2.05. The van der Waals surface area contributed by atoms with Crippen LogP contribution in [0.2, 0.25) is 0 Å². The van der Waals surface area contributed by atoms with Gasteiger partial charge in [-0.1, -0.05) is 19.1 Å². The first kappa shape index (κ1) is 10.6. The lowest BCUT2D eigenvalue weighted by Gasteiger charge is -2.06. The van der Waals surface area contributed by atoms with Gasteiger partial charge < -0.3 is 5.32 Å². The molecule has 0 aliphatic rings. The van der Waals surface area contributed by atoms with Crippen molar-refractivity contribution in [1.29, 1.82) is 0 Å². The molecular weight excluding hydrogens is 178 g/mol. The van der Waals surface area contributed by atoms with E-state index >= 15 is 0 Å². The van der Waals surface area contributed by atoms with Gasteiger partial charge in [0.2, 0.25) is 0 Å². The van der Waals surface area contributed by atoms with E-state index in [0.717, 1.165) is 12.3 Å². The zero-order chi connectivity index (χ0) is 9.68. The van der Waals surface area contributed by atoms with Crippen LogP contribution in [-0.2, 0) is 6.54 Å². The molecule has 0 fully saturated rings. The van der Waals surface area contributed by atoms with Crippen molar-refractivity contribution in [1.82, 2.24) is 5.32 Å². The highest BCUT2D eigenvalue weighted by molar-refractivity contribution is 7.99. The van der Waals surface area contributed by atoms with Crippen molar-refractivity contribution in [2.75, 3.05) is 12.8 Å². The molecule has 0 heterocycles. The van der Waals surface area contributed by atoms with E-state index in [9.17, 15) is 0 Å². The smallest absolute Gasteiger partial charge is 0.0202 e. The third-order valence-corrected chi connectivity index (χ3v) is 2.98. The van der Waals surface area contributed by atoms with Gasteiger partial charge in [-0.15, -0.1) is 11.8 Å². The number of thioether (sulfide) groups is 1. The number of hydrogen-bond acceptors (Lipinski definition) is 2. The number of benzene rings is 1. The third kappa shape index (κ3) is 3.05. The molecule has 0 aromatic heterocycles. The highest BCUT2D eigenvalue weighted by Crippen LogP contribution is 2.22. The van der Waals surface area contributed by atoms with Gasteiger partial charge in [0.1, 0.15) is 0 Å². The highest BCUT2D eigenvalue weighted by Gasteiger charge is 1.98. The Hall–Kier alpha value is -0.470. The summed E-state index contributed by atoms with van der Waals surface area (Å²) in [6.45, 7) is 5.32. The summed E-state index contributed by atoms with van der Waals surface area (Å²) < 4.78 is 0. The summed E-state index contributed by atoms with van der Waals surface area (Å²) in [5.74, 6) is 1.15. The Balaban J connectivity index is 2.79. The summed E-state index contributed by atoms with van der Waals surface area (Å²) in [7, 11) is 1.98. The van der Waals surface area contributed by atoms with Gasteiger partial charge in [0.05, 0.1) is 0 Å². The summed E-state index contributed by atoms with van der Waals surface area (Å²) in [6, 6.07) is 6.67. The number of nitrogens with one attached hydrogen (secondary N) is 1. The lowest BCUT2D eigenvalue weighted by atomic mass is 10.1. The first-order chi connectivity index (χ1) is 6.27. The van der Waals surface area contributed by atoms with Crippen molar-refractivity contribution in [3.63, 3.8) is 0 Å². The van der Waals surface area contributed by atoms with E-state index in [2.05, 4.69) is 37.4 Å². The van der Waals surface area contributed by atoms with E-state index in [1.54, 1.807) is 0 Å². The fourth-order valence-electron chi connectivity index (χ4n) is 1.34. The van der Waals surface area contributed by atoms with Gasteiger partial charge in [-0.3, -0.25) is 0 Å². The van der Waals surface area contributed by atoms with Gasteiger partial charge >= 0.3 is 0 Å². The van der Waals surface area contributed by atoms with E-state index < -0.39 is 0 Å². The molecule has 0 saturated carbocycles. The fraction of sp³-hybridized carbons (Fsp3) is 0.455. The molecule has 0 saturated heterocycles. The Morgan fingerprint density at radius 2 is 2.15 bits per heavy atom. The molecule has 0 radical (unpaired) electrons. The number of aryl methyl sites for hydroxylation is 1. The Bertz CT molecular complexity index is 271. The lowest BCUT2D eigenvalue weighted by molar-refractivity contribution is 0.815. The largest absolute Gasteiger partial charge is 0.316 e. The quantitative estimate of drug-likeness (QED) is 0.741. The summed E-state index contributed by atoms with van der Waals surface area (Å²) in [5, 5.41) is 3.16. The minimum atomic E-state index is 0.956. The molecule has 0 aliphatic carbocycles. The van der Waals surface area contributed by atoms with Gasteiger partial charge in [0.15, 0.2) is 0 Å². The Morgan fingerprint density at radius 3 is 2.69 bits per heavy atom. The second-order valence-corrected chi connectivity index (χ2v) is 4.37. The normalized spacial score (nSPS) is 10.4. The van der Waals surface area contributed by atoms with Crippen LogP contribution in [0.5, 0.6) is 0 Å². The number of rotatable bonds is 4.